The van der Waals surface area contributed by atoms with Crippen LogP contribution < -0.4 is 5.32 Å². The summed E-state index contributed by atoms with van der Waals surface area (Å²) in [6, 6.07) is 0.642. The zero-order chi connectivity index (χ0) is 8.69. The Balaban J connectivity index is 0. The molecule has 68 valence electrons. The molecule has 2 heteroatoms. The average Bonchev–Trinajstić information content (AvgIpc) is 2.10. The summed E-state index contributed by atoms with van der Waals surface area (Å²) in [7, 11) is 0. The standard InChI is InChI=1S/C7H14N2.C2H6.H2/c1-7(2)9-5-3-8-4-6-9;1-2;/h3,5,7-8H,4,6H2,1-2H3;1-2H3;1H. The topological polar surface area (TPSA) is 15.3 Å². The summed E-state index contributed by atoms with van der Waals surface area (Å²) < 4.78 is 0. The molecule has 0 aromatic heterocycles. The highest BCUT2D eigenvalue weighted by Gasteiger charge is 2.04. The molecule has 0 atom stereocenters. The maximum Gasteiger partial charge on any atom is 0.0349 e. The Morgan fingerprint density at radius 1 is 1.45 bits per heavy atom. The number of rotatable bonds is 1. The molecule has 0 aromatic carbocycles. The van der Waals surface area contributed by atoms with Crippen molar-refractivity contribution in [1.29, 1.82) is 0 Å². The monoisotopic (exact) mass is 158 g/mol. The minimum absolute atomic E-state index is 0. The smallest absolute Gasteiger partial charge is 0.0349 e. The molecular formula is C9H22N2. The summed E-state index contributed by atoms with van der Waals surface area (Å²) in [5.74, 6) is 0. The summed E-state index contributed by atoms with van der Waals surface area (Å²) in [4.78, 5) is 2.32. The van der Waals surface area contributed by atoms with Gasteiger partial charge in [0.2, 0.25) is 0 Å². The normalized spacial score (nSPS) is 15.5. The van der Waals surface area contributed by atoms with Crippen LogP contribution in [0.15, 0.2) is 12.4 Å². The average molecular weight is 158 g/mol. The molecule has 11 heavy (non-hydrogen) atoms. The maximum atomic E-state index is 3.15. The highest BCUT2D eigenvalue weighted by Crippen LogP contribution is 1.99. The SMILES string of the molecule is CC.CC(C)N1C=CNCC1.[HH]. The van der Waals surface area contributed by atoms with Gasteiger partial charge in [-0.2, -0.15) is 0 Å². The van der Waals surface area contributed by atoms with Crippen LogP contribution in [-0.4, -0.2) is 24.0 Å². The summed E-state index contributed by atoms with van der Waals surface area (Å²) in [6.45, 7) is 10.6. The summed E-state index contributed by atoms with van der Waals surface area (Å²) in [5.41, 5.74) is 0. The molecule has 0 saturated heterocycles. The molecule has 0 amide bonds. The van der Waals surface area contributed by atoms with Crippen molar-refractivity contribution in [3.05, 3.63) is 12.4 Å². The van der Waals surface area contributed by atoms with Gasteiger partial charge < -0.3 is 10.2 Å². The molecule has 0 spiro atoms. The number of nitrogens with zero attached hydrogens (tertiary/aromatic N) is 1. The van der Waals surface area contributed by atoms with Crippen LogP contribution in [0.2, 0.25) is 0 Å². The molecule has 1 aliphatic heterocycles. The lowest BCUT2D eigenvalue weighted by molar-refractivity contribution is 0.300. The molecule has 0 fully saturated rings. The van der Waals surface area contributed by atoms with Gasteiger partial charge in [-0.15, -0.1) is 0 Å². The largest absolute Gasteiger partial charge is 0.388 e. The molecule has 0 radical (unpaired) electrons. The van der Waals surface area contributed by atoms with Gasteiger partial charge in [0.25, 0.3) is 0 Å². The van der Waals surface area contributed by atoms with Gasteiger partial charge in [0.05, 0.1) is 0 Å². The second kappa shape index (κ2) is 6.08. The van der Waals surface area contributed by atoms with Crippen LogP contribution in [0.3, 0.4) is 0 Å². The molecule has 1 heterocycles. The molecule has 2 nitrogen and oxygen atoms in total. The minimum atomic E-state index is 0. The molecule has 1 aliphatic rings. The molecule has 0 aliphatic carbocycles. The number of hydrogen-bond donors (Lipinski definition) is 1. The molecular weight excluding hydrogens is 136 g/mol. The first-order valence-corrected chi connectivity index (χ1v) is 4.46. The predicted molar refractivity (Wildman–Crippen MR) is 52.4 cm³/mol. The first kappa shape index (κ1) is 10.3. The first-order chi connectivity index (χ1) is 5.30. The summed E-state index contributed by atoms with van der Waals surface area (Å²) in [5, 5.41) is 3.15. The molecule has 0 saturated carbocycles. The van der Waals surface area contributed by atoms with E-state index < -0.39 is 0 Å². The van der Waals surface area contributed by atoms with Crippen LogP contribution in [0.5, 0.6) is 0 Å². The zero-order valence-corrected chi connectivity index (χ0v) is 8.09. The van der Waals surface area contributed by atoms with Crippen LogP contribution in [0, 0.1) is 0 Å². The van der Waals surface area contributed by atoms with E-state index >= 15 is 0 Å². The van der Waals surface area contributed by atoms with Gasteiger partial charge in [-0.1, -0.05) is 13.8 Å². The molecule has 0 aromatic rings. The second-order valence-electron chi connectivity index (χ2n) is 2.60. The van der Waals surface area contributed by atoms with Crippen molar-refractivity contribution in [2.24, 2.45) is 0 Å². The van der Waals surface area contributed by atoms with Gasteiger partial charge in [0.1, 0.15) is 0 Å². The fourth-order valence-electron chi connectivity index (χ4n) is 0.930. The fraction of sp³-hybridized carbons (Fsp3) is 0.778. The van der Waals surface area contributed by atoms with Crippen molar-refractivity contribution >= 4 is 0 Å². The van der Waals surface area contributed by atoms with E-state index in [1.165, 1.54) is 0 Å². The fourth-order valence-corrected chi connectivity index (χ4v) is 0.930. The van der Waals surface area contributed by atoms with Crippen LogP contribution in [-0.2, 0) is 0 Å². The maximum absolute atomic E-state index is 3.15. The van der Waals surface area contributed by atoms with E-state index in [1.807, 2.05) is 20.0 Å². The third kappa shape index (κ3) is 3.91. The van der Waals surface area contributed by atoms with Gasteiger partial charge >= 0.3 is 0 Å². The summed E-state index contributed by atoms with van der Waals surface area (Å²) in [6.07, 6.45) is 4.11. The highest BCUT2D eigenvalue weighted by molar-refractivity contribution is 4.87. The Morgan fingerprint density at radius 2 is 2.09 bits per heavy atom. The van der Waals surface area contributed by atoms with E-state index in [0.717, 1.165) is 13.1 Å². The highest BCUT2D eigenvalue weighted by atomic mass is 15.2. The first-order valence-electron chi connectivity index (χ1n) is 4.46. The van der Waals surface area contributed by atoms with E-state index in [-0.39, 0.29) is 1.43 Å². The van der Waals surface area contributed by atoms with E-state index in [1.54, 1.807) is 0 Å². The van der Waals surface area contributed by atoms with E-state index in [4.69, 9.17) is 0 Å². The zero-order valence-electron chi connectivity index (χ0n) is 8.09. The number of nitrogens with one attached hydrogen (secondary N) is 1. The van der Waals surface area contributed by atoms with Gasteiger partial charge in [0, 0.05) is 33.0 Å². The lowest BCUT2D eigenvalue weighted by Gasteiger charge is -2.27. The third-order valence-corrected chi connectivity index (χ3v) is 1.56. The van der Waals surface area contributed by atoms with Gasteiger partial charge in [0.15, 0.2) is 0 Å². The Bertz CT molecular complexity index is 113. The van der Waals surface area contributed by atoms with Crippen molar-refractivity contribution < 1.29 is 1.43 Å². The van der Waals surface area contributed by atoms with Gasteiger partial charge in [-0.3, -0.25) is 0 Å². The van der Waals surface area contributed by atoms with E-state index in [9.17, 15) is 0 Å². The number of hydrogen-bond acceptors (Lipinski definition) is 2. The van der Waals surface area contributed by atoms with Crippen molar-refractivity contribution in [3.63, 3.8) is 0 Å². The quantitative estimate of drug-likeness (QED) is 0.628. The lowest BCUT2D eigenvalue weighted by Crippen LogP contribution is -2.35. The van der Waals surface area contributed by atoms with Crippen molar-refractivity contribution in [2.45, 2.75) is 33.7 Å². The van der Waals surface area contributed by atoms with Gasteiger partial charge in [-0.05, 0) is 13.8 Å². The van der Waals surface area contributed by atoms with Gasteiger partial charge in [-0.25, -0.2) is 0 Å². The minimum Gasteiger partial charge on any atom is -0.388 e. The van der Waals surface area contributed by atoms with Crippen molar-refractivity contribution in [2.75, 3.05) is 13.1 Å². The summed E-state index contributed by atoms with van der Waals surface area (Å²) >= 11 is 0. The Labute approximate surface area is 71.8 Å². The molecule has 0 unspecified atom stereocenters. The van der Waals surface area contributed by atoms with E-state index in [2.05, 4.69) is 30.3 Å². The van der Waals surface area contributed by atoms with Crippen LogP contribution in [0.4, 0.5) is 0 Å². The molecule has 0 bridgehead atoms. The van der Waals surface area contributed by atoms with Crippen LogP contribution >= 0.6 is 0 Å². The Kier molecular flexibility index (Phi) is 5.71. The van der Waals surface area contributed by atoms with E-state index in [0.29, 0.717) is 6.04 Å². The Hall–Kier alpha value is -0.660. The Morgan fingerprint density at radius 3 is 2.36 bits per heavy atom. The second-order valence-corrected chi connectivity index (χ2v) is 2.60. The molecule has 1 rings (SSSR count). The molecule has 1 N–H and O–H groups in total. The third-order valence-electron chi connectivity index (χ3n) is 1.56. The van der Waals surface area contributed by atoms with Crippen LogP contribution in [0.1, 0.15) is 29.1 Å². The van der Waals surface area contributed by atoms with Crippen LogP contribution in [0.25, 0.3) is 0 Å². The lowest BCUT2D eigenvalue weighted by atomic mass is 10.3. The van der Waals surface area contributed by atoms with Crippen molar-refractivity contribution in [3.8, 4) is 0 Å². The van der Waals surface area contributed by atoms with Crippen molar-refractivity contribution in [1.82, 2.24) is 10.2 Å². The predicted octanol–water partition coefficient (Wildman–Crippen LogP) is 2.04.